The quantitative estimate of drug-likeness (QED) is 0.209. The van der Waals surface area contributed by atoms with E-state index < -0.39 is 60.8 Å². The van der Waals surface area contributed by atoms with Gasteiger partial charge in [-0.25, -0.2) is 4.79 Å². The van der Waals surface area contributed by atoms with Gasteiger partial charge in [-0.2, -0.15) is 0 Å². The van der Waals surface area contributed by atoms with E-state index in [1.54, 1.807) is 13.0 Å². The first-order valence-electron chi connectivity index (χ1n) is 10.9. The van der Waals surface area contributed by atoms with Crippen LogP contribution in [0.4, 0.5) is 0 Å². The Morgan fingerprint density at radius 3 is 2.66 bits per heavy atom. The number of benzene rings is 1. The SMILES string of the molecule is COc1cc(C=CC(=O)OC[C@H]2O[C@H](OC[C@H](C)[C@@]3(O)COC(=O)C3)[C@H](O)[C@@H](O)[C@@H]2O)ccc1O. The topological polar surface area (TPSA) is 181 Å². The minimum atomic E-state index is -1.65. The molecule has 0 bridgehead atoms. The van der Waals surface area contributed by atoms with Crippen molar-refractivity contribution in [3.05, 3.63) is 29.8 Å². The van der Waals surface area contributed by atoms with Crippen molar-refractivity contribution in [3.63, 3.8) is 0 Å². The summed E-state index contributed by atoms with van der Waals surface area (Å²) in [6, 6.07) is 4.47. The lowest BCUT2D eigenvalue weighted by molar-refractivity contribution is -0.305. The van der Waals surface area contributed by atoms with E-state index in [1.165, 1.54) is 25.3 Å². The number of ether oxygens (including phenoxy) is 5. The van der Waals surface area contributed by atoms with Gasteiger partial charge in [0.15, 0.2) is 17.8 Å². The monoisotopic (exact) mass is 498 g/mol. The Balaban J connectivity index is 1.53. The molecule has 1 aromatic rings. The first-order chi connectivity index (χ1) is 16.5. The van der Waals surface area contributed by atoms with Crippen molar-refractivity contribution < 1.29 is 58.8 Å². The summed E-state index contributed by atoms with van der Waals surface area (Å²) in [7, 11) is 1.39. The second-order valence-electron chi connectivity index (χ2n) is 8.58. The Morgan fingerprint density at radius 2 is 2.00 bits per heavy atom. The first-order valence-corrected chi connectivity index (χ1v) is 10.9. The van der Waals surface area contributed by atoms with E-state index in [2.05, 4.69) is 0 Å². The van der Waals surface area contributed by atoms with Crippen LogP contribution in [0.2, 0.25) is 0 Å². The summed E-state index contributed by atoms with van der Waals surface area (Å²) in [4.78, 5) is 23.4. The van der Waals surface area contributed by atoms with Crippen LogP contribution in [0.25, 0.3) is 6.08 Å². The van der Waals surface area contributed by atoms with Gasteiger partial charge in [-0.1, -0.05) is 13.0 Å². The van der Waals surface area contributed by atoms with Crippen LogP contribution in [0.1, 0.15) is 18.9 Å². The highest BCUT2D eigenvalue weighted by Crippen LogP contribution is 2.30. The molecule has 0 radical (unpaired) electrons. The Hall–Kier alpha value is -2.74. The largest absolute Gasteiger partial charge is 0.504 e. The lowest BCUT2D eigenvalue weighted by atomic mass is 9.88. The number of carbonyl (C=O) groups is 2. The summed E-state index contributed by atoms with van der Waals surface area (Å²) in [6.45, 7) is 0.838. The fourth-order valence-corrected chi connectivity index (χ4v) is 3.63. The van der Waals surface area contributed by atoms with Crippen molar-refractivity contribution in [2.45, 2.75) is 49.7 Å². The molecule has 0 aromatic heterocycles. The molecule has 2 heterocycles. The van der Waals surface area contributed by atoms with Crippen LogP contribution in [0, 0.1) is 5.92 Å². The summed E-state index contributed by atoms with van der Waals surface area (Å²) in [5, 5.41) is 50.7. The van der Waals surface area contributed by atoms with Gasteiger partial charge in [0.1, 0.15) is 43.2 Å². The smallest absolute Gasteiger partial charge is 0.330 e. The van der Waals surface area contributed by atoms with E-state index in [0.29, 0.717) is 5.56 Å². The second-order valence-corrected chi connectivity index (χ2v) is 8.58. The maximum absolute atomic E-state index is 12.1. The van der Waals surface area contributed by atoms with Crippen molar-refractivity contribution in [2.75, 3.05) is 26.9 Å². The number of phenolic OH excluding ortho intramolecular Hbond substituents is 1. The van der Waals surface area contributed by atoms with Gasteiger partial charge in [-0.05, 0) is 23.8 Å². The predicted molar refractivity (Wildman–Crippen MR) is 117 cm³/mol. The molecule has 0 amide bonds. The zero-order valence-corrected chi connectivity index (χ0v) is 19.3. The van der Waals surface area contributed by atoms with E-state index in [4.69, 9.17) is 23.7 Å². The van der Waals surface area contributed by atoms with Gasteiger partial charge < -0.3 is 49.2 Å². The van der Waals surface area contributed by atoms with E-state index in [1.807, 2.05) is 0 Å². The van der Waals surface area contributed by atoms with E-state index >= 15 is 0 Å². The normalized spacial score (nSPS) is 31.8. The van der Waals surface area contributed by atoms with Gasteiger partial charge in [0.05, 0.1) is 20.1 Å². The lowest BCUT2D eigenvalue weighted by Gasteiger charge is -2.40. The van der Waals surface area contributed by atoms with Crippen molar-refractivity contribution in [2.24, 2.45) is 5.92 Å². The Labute approximate surface area is 201 Å². The molecule has 2 aliphatic heterocycles. The summed E-state index contributed by atoms with van der Waals surface area (Å²) in [6.07, 6.45) is -5.07. The first kappa shape index (κ1) is 26.9. The summed E-state index contributed by atoms with van der Waals surface area (Å²) in [5.74, 6) is -1.71. The fourth-order valence-electron chi connectivity index (χ4n) is 3.63. The van der Waals surface area contributed by atoms with Crippen molar-refractivity contribution in [1.82, 2.24) is 0 Å². The highest BCUT2D eigenvalue weighted by Gasteiger charge is 2.47. The minimum absolute atomic E-state index is 0.0539. The van der Waals surface area contributed by atoms with Crippen LogP contribution in [0.3, 0.4) is 0 Å². The van der Waals surface area contributed by atoms with Crippen molar-refractivity contribution in [1.29, 1.82) is 0 Å². The Morgan fingerprint density at radius 1 is 1.26 bits per heavy atom. The maximum Gasteiger partial charge on any atom is 0.330 e. The third kappa shape index (κ3) is 6.48. The molecule has 3 rings (SSSR count). The lowest BCUT2D eigenvalue weighted by Crippen LogP contribution is -2.59. The molecule has 12 heteroatoms. The van der Waals surface area contributed by atoms with E-state index in [0.717, 1.165) is 6.08 Å². The zero-order valence-electron chi connectivity index (χ0n) is 19.3. The van der Waals surface area contributed by atoms with Crippen LogP contribution in [0.5, 0.6) is 11.5 Å². The third-order valence-corrected chi connectivity index (χ3v) is 6.04. The van der Waals surface area contributed by atoms with E-state index in [-0.39, 0.29) is 31.1 Å². The minimum Gasteiger partial charge on any atom is -0.504 e. The van der Waals surface area contributed by atoms with Crippen LogP contribution in [-0.4, -0.2) is 101 Å². The Kier molecular flexibility index (Phi) is 8.70. The predicted octanol–water partition coefficient (Wildman–Crippen LogP) is -0.904. The standard InChI is InChI=1S/C23H30O12/c1-12(23(30)8-18(26)34-11-23)9-33-22-21(29)20(28)19(27)16(35-22)10-32-17(25)6-4-13-3-5-14(24)15(7-13)31-2/h3-7,12,16,19-22,24,27-30H,8-11H2,1-2H3/t12-,16+,19+,20-,21+,22-,23-/m0/s1. The number of aliphatic hydroxyl groups is 4. The second kappa shape index (κ2) is 11.3. The number of cyclic esters (lactones) is 1. The van der Waals surface area contributed by atoms with Crippen LogP contribution < -0.4 is 4.74 Å². The number of carbonyl (C=O) groups excluding carboxylic acids is 2. The van der Waals surface area contributed by atoms with Gasteiger partial charge in [0, 0.05) is 12.0 Å². The number of esters is 2. The van der Waals surface area contributed by atoms with Gasteiger partial charge in [-0.15, -0.1) is 0 Å². The van der Waals surface area contributed by atoms with Gasteiger partial charge >= 0.3 is 11.9 Å². The molecular weight excluding hydrogens is 468 g/mol. The number of hydrogen-bond donors (Lipinski definition) is 5. The number of phenols is 1. The molecule has 0 saturated carbocycles. The molecule has 35 heavy (non-hydrogen) atoms. The average Bonchev–Trinajstić information content (AvgIpc) is 3.20. The summed E-state index contributed by atoms with van der Waals surface area (Å²) < 4.78 is 25.9. The fraction of sp³-hybridized carbons (Fsp3) is 0.565. The molecular formula is C23H30O12. The van der Waals surface area contributed by atoms with Gasteiger partial charge in [0.25, 0.3) is 0 Å². The number of aromatic hydroxyl groups is 1. The number of rotatable bonds is 9. The molecule has 12 nitrogen and oxygen atoms in total. The molecule has 7 atom stereocenters. The molecule has 1 aromatic carbocycles. The summed E-state index contributed by atoms with van der Waals surface area (Å²) >= 11 is 0. The summed E-state index contributed by atoms with van der Waals surface area (Å²) in [5.41, 5.74) is -0.875. The van der Waals surface area contributed by atoms with Crippen LogP contribution in [0.15, 0.2) is 24.3 Å². The molecule has 0 aliphatic carbocycles. The van der Waals surface area contributed by atoms with Crippen molar-refractivity contribution in [3.8, 4) is 11.5 Å². The van der Waals surface area contributed by atoms with E-state index in [9.17, 15) is 35.1 Å². The molecule has 0 spiro atoms. The highest BCUT2D eigenvalue weighted by atomic mass is 16.7. The molecule has 2 fully saturated rings. The number of hydrogen-bond acceptors (Lipinski definition) is 12. The molecule has 2 aliphatic rings. The molecule has 2 saturated heterocycles. The number of aliphatic hydroxyl groups excluding tert-OH is 3. The zero-order chi connectivity index (χ0) is 25.8. The molecule has 194 valence electrons. The molecule has 0 unspecified atom stereocenters. The Bertz CT molecular complexity index is 933. The third-order valence-electron chi connectivity index (χ3n) is 6.04. The molecule has 5 N–H and O–H groups in total. The average molecular weight is 498 g/mol. The van der Waals surface area contributed by atoms with Gasteiger partial charge in [-0.3, -0.25) is 4.79 Å². The van der Waals surface area contributed by atoms with Crippen LogP contribution >= 0.6 is 0 Å². The van der Waals surface area contributed by atoms with Gasteiger partial charge in [0.2, 0.25) is 0 Å². The maximum atomic E-state index is 12.1. The van der Waals surface area contributed by atoms with Crippen molar-refractivity contribution >= 4 is 18.0 Å². The van der Waals surface area contributed by atoms with Crippen LogP contribution in [-0.2, 0) is 28.5 Å². The number of methoxy groups -OCH3 is 1. The highest BCUT2D eigenvalue weighted by molar-refractivity contribution is 5.87.